The van der Waals surface area contributed by atoms with Crippen LogP contribution in [0.2, 0.25) is 0 Å². The molecule has 4 aromatic rings. The fraction of sp³-hybridized carbons (Fsp3) is 0.238. The number of hydrogen-bond acceptors (Lipinski definition) is 4. The average Bonchev–Trinajstić information content (AvgIpc) is 3.29. The third-order valence-corrected chi connectivity index (χ3v) is 5.56. The number of aromatic nitrogens is 5. The van der Waals surface area contributed by atoms with Crippen LogP contribution in [-0.2, 0) is 27.1 Å². The number of halogens is 3. The molecule has 1 amide bonds. The third-order valence-electron chi connectivity index (χ3n) is 5.56. The Morgan fingerprint density at radius 2 is 1.77 bits per heavy atom. The van der Waals surface area contributed by atoms with E-state index in [1.54, 1.807) is 35.9 Å². The number of carbonyl (C=O) groups is 1. The summed E-state index contributed by atoms with van der Waals surface area (Å²) in [5.41, 5.74) is 3.28. The molecule has 0 saturated heterocycles. The number of pyridine rings is 1. The lowest BCUT2D eigenvalue weighted by Crippen LogP contribution is -2.36. The van der Waals surface area contributed by atoms with Crippen molar-refractivity contribution in [3.05, 3.63) is 64.9 Å². The van der Waals surface area contributed by atoms with Gasteiger partial charge < -0.3 is 4.90 Å². The predicted molar refractivity (Wildman–Crippen MR) is 105 cm³/mol. The Morgan fingerprint density at radius 3 is 2.52 bits per heavy atom. The van der Waals surface area contributed by atoms with E-state index in [9.17, 15) is 18.0 Å². The smallest absolute Gasteiger partial charge is 0.255 e. The first kappa shape index (κ1) is 19.3. The maximum Gasteiger partial charge on any atom is 0.255 e. The van der Waals surface area contributed by atoms with Crippen LogP contribution in [0.25, 0.3) is 22.3 Å². The summed E-state index contributed by atoms with van der Waals surface area (Å²) >= 11 is 0. The first-order valence-corrected chi connectivity index (χ1v) is 9.60. The topological polar surface area (TPSA) is 68.8 Å². The molecule has 10 heteroatoms. The van der Waals surface area contributed by atoms with Gasteiger partial charge in [-0.1, -0.05) is 0 Å². The van der Waals surface area contributed by atoms with E-state index in [1.807, 2.05) is 0 Å². The lowest BCUT2D eigenvalue weighted by atomic mass is 9.99. The second-order valence-electron chi connectivity index (χ2n) is 7.53. The monoisotopic (exact) mass is 426 g/mol. The number of carbonyl (C=O) groups excluding carboxylic acids is 1. The molecule has 0 aliphatic carbocycles. The number of aryl methyl sites for hydroxylation is 2. The zero-order chi connectivity index (χ0) is 21.9. The highest BCUT2D eigenvalue weighted by atomic mass is 19.2. The van der Waals surface area contributed by atoms with Crippen molar-refractivity contribution < 1.29 is 18.0 Å². The fourth-order valence-electron chi connectivity index (χ4n) is 4.09. The zero-order valence-corrected chi connectivity index (χ0v) is 16.7. The minimum Gasteiger partial charge on any atom is -0.332 e. The third kappa shape index (κ3) is 3.06. The van der Waals surface area contributed by atoms with Crippen LogP contribution >= 0.6 is 0 Å². The number of benzene rings is 1. The predicted octanol–water partition coefficient (Wildman–Crippen LogP) is 2.98. The molecule has 0 bridgehead atoms. The van der Waals surface area contributed by atoms with Gasteiger partial charge in [-0.05, 0) is 24.6 Å². The van der Waals surface area contributed by atoms with Crippen LogP contribution in [0.15, 0.2) is 30.6 Å². The van der Waals surface area contributed by atoms with E-state index in [0.29, 0.717) is 35.6 Å². The lowest BCUT2D eigenvalue weighted by Gasteiger charge is -2.26. The molecule has 158 valence electrons. The van der Waals surface area contributed by atoms with E-state index >= 15 is 0 Å². The molecule has 4 heterocycles. The number of rotatable bonds is 2. The Hall–Kier alpha value is -3.69. The molecule has 31 heavy (non-hydrogen) atoms. The Labute approximate surface area is 174 Å². The molecule has 0 unspecified atom stereocenters. The molecule has 0 fully saturated rings. The summed E-state index contributed by atoms with van der Waals surface area (Å²) in [6.07, 6.45) is 3.63. The van der Waals surface area contributed by atoms with Crippen LogP contribution in [0.1, 0.15) is 21.6 Å². The summed E-state index contributed by atoms with van der Waals surface area (Å²) in [7, 11) is 3.43. The molecule has 0 radical (unpaired) electrons. The van der Waals surface area contributed by atoms with Crippen LogP contribution in [0.4, 0.5) is 13.2 Å². The van der Waals surface area contributed by atoms with Gasteiger partial charge in [-0.3, -0.25) is 14.2 Å². The molecule has 1 aliphatic rings. The zero-order valence-electron chi connectivity index (χ0n) is 16.7. The van der Waals surface area contributed by atoms with Gasteiger partial charge in [-0.25, -0.2) is 18.2 Å². The highest BCUT2D eigenvalue weighted by molar-refractivity contribution is 5.97. The molecule has 0 atom stereocenters. The molecule has 7 nitrogen and oxygen atoms in total. The van der Waals surface area contributed by atoms with Crippen molar-refractivity contribution in [2.75, 3.05) is 6.54 Å². The summed E-state index contributed by atoms with van der Waals surface area (Å²) in [5.74, 6) is -4.20. The van der Waals surface area contributed by atoms with Crippen molar-refractivity contribution in [3.8, 4) is 11.3 Å². The number of hydrogen-bond donors (Lipinski definition) is 0. The van der Waals surface area contributed by atoms with Gasteiger partial charge in [0.25, 0.3) is 5.91 Å². The van der Waals surface area contributed by atoms with Gasteiger partial charge in [-0.15, -0.1) is 0 Å². The van der Waals surface area contributed by atoms with Gasteiger partial charge in [0, 0.05) is 43.4 Å². The second kappa shape index (κ2) is 6.93. The Kier molecular flexibility index (Phi) is 4.31. The summed E-state index contributed by atoms with van der Waals surface area (Å²) in [6, 6.07) is 3.67. The minimum atomic E-state index is -1.50. The van der Waals surface area contributed by atoms with Crippen LogP contribution < -0.4 is 0 Å². The van der Waals surface area contributed by atoms with E-state index in [1.165, 1.54) is 10.9 Å². The Balaban J connectivity index is 1.46. The maximum atomic E-state index is 13.8. The molecule has 3 aromatic heterocycles. The van der Waals surface area contributed by atoms with E-state index in [2.05, 4.69) is 15.2 Å². The van der Waals surface area contributed by atoms with Gasteiger partial charge in [-0.2, -0.15) is 10.2 Å². The van der Waals surface area contributed by atoms with Gasteiger partial charge in [0.05, 0.1) is 29.7 Å². The van der Waals surface area contributed by atoms with Gasteiger partial charge in [0.15, 0.2) is 23.1 Å². The van der Waals surface area contributed by atoms with Crippen LogP contribution in [0.5, 0.6) is 0 Å². The molecule has 0 saturated carbocycles. The van der Waals surface area contributed by atoms with Crippen molar-refractivity contribution >= 4 is 16.9 Å². The van der Waals surface area contributed by atoms with Crippen molar-refractivity contribution in [2.24, 2.45) is 14.1 Å². The summed E-state index contributed by atoms with van der Waals surface area (Å²) < 4.78 is 44.0. The van der Waals surface area contributed by atoms with Gasteiger partial charge in [0.1, 0.15) is 0 Å². The van der Waals surface area contributed by atoms with Gasteiger partial charge >= 0.3 is 0 Å². The van der Waals surface area contributed by atoms with Crippen molar-refractivity contribution in [1.82, 2.24) is 29.4 Å². The molecule has 5 rings (SSSR count). The van der Waals surface area contributed by atoms with Crippen molar-refractivity contribution in [1.29, 1.82) is 0 Å². The molecule has 1 aromatic carbocycles. The number of fused-ring (bicyclic) bond motifs is 2. The fourth-order valence-corrected chi connectivity index (χ4v) is 4.09. The van der Waals surface area contributed by atoms with Crippen LogP contribution in [0.3, 0.4) is 0 Å². The molecule has 1 aliphatic heterocycles. The molecular formula is C21H17F3N6O. The largest absolute Gasteiger partial charge is 0.332 e. The van der Waals surface area contributed by atoms with Crippen LogP contribution in [-0.4, -0.2) is 41.9 Å². The Bertz CT molecular complexity index is 1340. The van der Waals surface area contributed by atoms with Crippen molar-refractivity contribution in [2.45, 2.75) is 13.0 Å². The highest BCUT2D eigenvalue weighted by Gasteiger charge is 2.28. The lowest BCUT2D eigenvalue weighted by molar-refractivity contribution is 0.0732. The maximum absolute atomic E-state index is 13.8. The summed E-state index contributed by atoms with van der Waals surface area (Å²) in [6.45, 7) is 0.654. The second-order valence-corrected chi connectivity index (χ2v) is 7.53. The molecular weight excluding hydrogens is 409 g/mol. The first-order chi connectivity index (χ1) is 14.8. The van der Waals surface area contributed by atoms with E-state index in [0.717, 1.165) is 23.1 Å². The number of amides is 1. The standard InChI is InChI=1S/C21H17F3N6O/c1-28-19(11-6-15(22)18(24)16(23)7-11)14-3-4-30(10-17(14)27-28)21(31)13-5-12-9-26-29(2)20(12)25-8-13/h5-9H,3-4,10H2,1-2H3. The van der Waals surface area contributed by atoms with E-state index in [4.69, 9.17) is 0 Å². The van der Waals surface area contributed by atoms with Gasteiger partial charge in [0.2, 0.25) is 0 Å². The SMILES string of the molecule is Cn1nc2c(c1-c1cc(F)c(F)c(F)c1)CCN(C(=O)c1cnc3c(cnn3C)c1)C2. The highest BCUT2D eigenvalue weighted by Crippen LogP contribution is 2.32. The normalized spacial score (nSPS) is 13.6. The molecule has 0 N–H and O–H groups in total. The summed E-state index contributed by atoms with van der Waals surface area (Å²) in [5, 5.41) is 9.35. The summed E-state index contributed by atoms with van der Waals surface area (Å²) in [4.78, 5) is 19.0. The quantitative estimate of drug-likeness (QED) is 0.462. The van der Waals surface area contributed by atoms with E-state index < -0.39 is 17.5 Å². The molecule has 0 spiro atoms. The van der Waals surface area contributed by atoms with E-state index in [-0.39, 0.29) is 18.0 Å². The first-order valence-electron chi connectivity index (χ1n) is 9.60. The number of nitrogens with zero attached hydrogens (tertiary/aromatic N) is 6. The average molecular weight is 426 g/mol. The van der Waals surface area contributed by atoms with Crippen LogP contribution in [0, 0.1) is 17.5 Å². The minimum absolute atomic E-state index is 0.185. The Morgan fingerprint density at radius 1 is 1.03 bits per heavy atom. The van der Waals surface area contributed by atoms with Crippen molar-refractivity contribution in [3.63, 3.8) is 0 Å².